The van der Waals surface area contributed by atoms with Gasteiger partial charge < -0.3 is 38.3 Å². The molecule has 0 rings (SSSR count). The number of hydrogen-bond donors (Lipinski definition) is 8. The summed E-state index contributed by atoms with van der Waals surface area (Å²) in [4.78, 5) is 69.7. The fraction of sp³-hybridized carbons (Fsp3) is 0.571. The summed E-state index contributed by atoms with van der Waals surface area (Å²) in [6.07, 6.45) is -1.27. The zero-order chi connectivity index (χ0) is 22.0. The highest BCUT2D eigenvalue weighted by Crippen LogP contribution is 2.00. The molecule has 0 aliphatic carbocycles. The average Bonchev–Trinajstić information content (AvgIpc) is 2.56. The Balaban J connectivity index is 5.39. The van der Waals surface area contributed by atoms with Crippen molar-refractivity contribution in [1.29, 1.82) is 0 Å². The first-order chi connectivity index (χ1) is 12.9. The van der Waals surface area contributed by atoms with Gasteiger partial charge in [-0.15, -0.1) is 0 Å². The number of primary amides is 2. The number of thiol groups is 1. The van der Waals surface area contributed by atoms with E-state index in [0.717, 1.165) is 0 Å². The van der Waals surface area contributed by atoms with Crippen molar-refractivity contribution in [2.75, 3.05) is 5.75 Å². The first kappa shape index (κ1) is 25.1. The molecule has 0 aliphatic heterocycles. The van der Waals surface area contributed by atoms with E-state index < -0.39 is 72.5 Å². The summed E-state index contributed by atoms with van der Waals surface area (Å²) in [5.74, 6) is -6.35. The molecule has 0 aromatic heterocycles. The van der Waals surface area contributed by atoms with Crippen molar-refractivity contribution in [2.24, 2.45) is 17.2 Å². The Morgan fingerprint density at radius 3 is 1.46 bits per heavy atom. The van der Waals surface area contributed by atoms with Crippen molar-refractivity contribution in [1.82, 2.24) is 16.0 Å². The van der Waals surface area contributed by atoms with Gasteiger partial charge in [-0.1, -0.05) is 0 Å². The van der Waals surface area contributed by atoms with E-state index in [9.17, 15) is 28.8 Å². The molecule has 0 saturated heterocycles. The van der Waals surface area contributed by atoms with Crippen molar-refractivity contribution in [3.8, 4) is 0 Å². The molecule has 0 heterocycles. The lowest BCUT2D eigenvalue weighted by molar-refractivity contribution is -0.142. The Bertz CT molecular complexity index is 642. The summed E-state index contributed by atoms with van der Waals surface area (Å²) in [6, 6.07) is -5.42. The smallest absolute Gasteiger partial charge is 0.327 e. The summed E-state index contributed by atoms with van der Waals surface area (Å²) in [6.45, 7) is 1.33. The number of aliphatic carboxylic acids is 1. The summed E-state index contributed by atoms with van der Waals surface area (Å²) >= 11 is 3.78. The number of nitrogens with one attached hydrogen (secondary N) is 3. The zero-order valence-electron chi connectivity index (χ0n) is 15.0. The molecule has 4 atom stereocenters. The van der Waals surface area contributed by atoms with Crippen molar-refractivity contribution in [3.63, 3.8) is 0 Å². The highest BCUT2D eigenvalue weighted by Gasteiger charge is 2.31. The Labute approximate surface area is 165 Å². The minimum Gasteiger partial charge on any atom is -0.480 e. The summed E-state index contributed by atoms with van der Waals surface area (Å²) in [5.41, 5.74) is 15.5. The molecule has 10 N–H and O–H groups in total. The third kappa shape index (κ3) is 9.18. The summed E-state index contributed by atoms with van der Waals surface area (Å²) < 4.78 is 0. The van der Waals surface area contributed by atoms with Gasteiger partial charge in [0.1, 0.15) is 18.1 Å². The lowest BCUT2D eigenvalue weighted by Crippen LogP contribution is -2.58. The first-order valence-corrected chi connectivity index (χ1v) is 8.59. The minimum atomic E-state index is -1.56. The largest absolute Gasteiger partial charge is 0.480 e. The molecular formula is C14H24N6O7S. The molecule has 0 aliphatic rings. The molecule has 0 bridgehead atoms. The number of rotatable bonds is 12. The van der Waals surface area contributed by atoms with Crippen LogP contribution in [0.2, 0.25) is 0 Å². The second-order valence-electron chi connectivity index (χ2n) is 5.83. The van der Waals surface area contributed by atoms with E-state index in [2.05, 4.69) is 28.6 Å². The molecule has 0 saturated carbocycles. The quantitative estimate of drug-likeness (QED) is 0.143. The van der Waals surface area contributed by atoms with Crippen LogP contribution in [0.3, 0.4) is 0 Å². The van der Waals surface area contributed by atoms with Crippen LogP contribution in [0.5, 0.6) is 0 Å². The maximum atomic E-state index is 12.4. The van der Waals surface area contributed by atoms with Gasteiger partial charge in [-0.3, -0.25) is 24.0 Å². The van der Waals surface area contributed by atoms with Crippen molar-refractivity contribution in [3.05, 3.63) is 0 Å². The van der Waals surface area contributed by atoms with Gasteiger partial charge >= 0.3 is 5.97 Å². The molecule has 158 valence electrons. The van der Waals surface area contributed by atoms with E-state index in [-0.39, 0.29) is 5.75 Å². The molecule has 4 unspecified atom stereocenters. The molecule has 0 fully saturated rings. The average molecular weight is 420 g/mol. The van der Waals surface area contributed by atoms with E-state index in [1.54, 1.807) is 0 Å². The number of carboxylic acids is 1. The van der Waals surface area contributed by atoms with Crippen LogP contribution >= 0.6 is 12.6 Å². The van der Waals surface area contributed by atoms with Crippen molar-refractivity contribution >= 4 is 48.1 Å². The Morgan fingerprint density at radius 2 is 1.18 bits per heavy atom. The standard InChI is InChI=1S/C14H24N6O7S/c1-5(15)11(23)18-6(2-9(16)21)12(24)19-7(3-10(17)22)13(25)20-8(4-28)14(26)27/h5-8,28H,2-4,15H2,1H3,(H2,16,21)(H2,17,22)(H,18,23)(H,19,24)(H,20,25)(H,26,27). The molecule has 14 heteroatoms. The van der Waals surface area contributed by atoms with E-state index in [0.29, 0.717) is 0 Å². The van der Waals surface area contributed by atoms with Crippen LogP contribution in [0.15, 0.2) is 0 Å². The van der Waals surface area contributed by atoms with Crippen LogP contribution in [0.4, 0.5) is 0 Å². The second kappa shape index (κ2) is 11.8. The predicted octanol–water partition coefficient (Wildman–Crippen LogP) is -4.45. The Hall–Kier alpha value is -2.87. The van der Waals surface area contributed by atoms with Crippen LogP contribution in [0.1, 0.15) is 19.8 Å². The van der Waals surface area contributed by atoms with Gasteiger partial charge in [0.15, 0.2) is 0 Å². The Kier molecular flexibility index (Phi) is 10.6. The van der Waals surface area contributed by atoms with E-state index in [1.807, 2.05) is 0 Å². The van der Waals surface area contributed by atoms with Gasteiger partial charge in [-0.05, 0) is 6.92 Å². The van der Waals surface area contributed by atoms with Crippen LogP contribution in [0.25, 0.3) is 0 Å². The van der Waals surface area contributed by atoms with Crippen LogP contribution < -0.4 is 33.2 Å². The minimum absolute atomic E-state index is 0.257. The number of carbonyl (C=O) groups is 6. The SMILES string of the molecule is CC(N)C(=O)NC(CC(N)=O)C(=O)NC(CC(N)=O)C(=O)NC(CS)C(=O)O. The lowest BCUT2D eigenvalue weighted by atomic mass is 10.1. The van der Waals surface area contributed by atoms with E-state index >= 15 is 0 Å². The van der Waals surface area contributed by atoms with E-state index in [1.165, 1.54) is 6.92 Å². The topological polar surface area (TPSA) is 237 Å². The van der Waals surface area contributed by atoms with Gasteiger partial charge in [0.2, 0.25) is 29.5 Å². The number of nitrogens with two attached hydrogens (primary N) is 3. The third-order valence-electron chi connectivity index (χ3n) is 3.29. The zero-order valence-corrected chi connectivity index (χ0v) is 15.9. The predicted molar refractivity (Wildman–Crippen MR) is 98.6 cm³/mol. The fourth-order valence-electron chi connectivity index (χ4n) is 1.85. The number of amides is 5. The van der Waals surface area contributed by atoms with Gasteiger partial charge in [-0.2, -0.15) is 12.6 Å². The van der Waals surface area contributed by atoms with Crippen LogP contribution in [-0.2, 0) is 28.8 Å². The Morgan fingerprint density at radius 1 is 0.821 bits per heavy atom. The van der Waals surface area contributed by atoms with Crippen molar-refractivity contribution < 1.29 is 33.9 Å². The van der Waals surface area contributed by atoms with Gasteiger partial charge in [0, 0.05) is 5.75 Å². The van der Waals surface area contributed by atoms with Crippen LogP contribution in [-0.4, -0.2) is 70.5 Å². The van der Waals surface area contributed by atoms with Gasteiger partial charge in [0.05, 0.1) is 18.9 Å². The molecule has 0 spiro atoms. The monoisotopic (exact) mass is 420 g/mol. The molecule has 0 aromatic carbocycles. The summed E-state index contributed by atoms with van der Waals surface area (Å²) in [7, 11) is 0. The molecule has 0 aromatic rings. The molecule has 13 nitrogen and oxygen atoms in total. The fourth-order valence-corrected chi connectivity index (χ4v) is 2.10. The highest BCUT2D eigenvalue weighted by atomic mass is 32.1. The maximum Gasteiger partial charge on any atom is 0.327 e. The van der Waals surface area contributed by atoms with Crippen LogP contribution in [0, 0.1) is 0 Å². The molecule has 0 radical (unpaired) electrons. The number of carboxylic acid groups (broad SMARTS) is 1. The third-order valence-corrected chi connectivity index (χ3v) is 3.65. The number of carbonyl (C=O) groups excluding carboxylic acids is 5. The molecule has 28 heavy (non-hydrogen) atoms. The number of hydrogen-bond acceptors (Lipinski definition) is 8. The van der Waals surface area contributed by atoms with Gasteiger partial charge in [-0.25, -0.2) is 4.79 Å². The molecule has 5 amide bonds. The first-order valence-electron chi connectivity index (χ1n) is 7.96. The maximum absolute atomic E-state index is 12.4. The second-order valence-corrected chi connectivity index (χ2v) is 6.20. The van der Waals surface area contributed by atoms with E-state index in [4.69, 9.17) is 22.3 Å². The molecular weight excluding hydrogens is 396 g/mol. The normalized spacial score (nSPS) is 14.7. The van der Waals surface area contributed by atoms with Gasteiger partial charge in [0.25, 0.3) is 0 Å². The highest BCUT2D eigenvalue weighted by molar-refractivity contribution is 7.80. The summed E-state index contributed by atoms with van der Waals surface area (Å²) in [5, 5.41) is 15.3. The van der Waals surface area contributed by atoms with Crippen molar-refractivity contribution in [2.45, 2.75) is 43.9 Å². The lowest BCUT2D eigenvalue weighted by Gasteiger charge is -2.23.